The number of para-hydroxylation sites is 1. The Balaban J connectivity index is 1.44. The van der Waals surface area contributed by atoms with Crippen molar-refractivity contribution >= 4 is 5.91 Å². The van der Waals surface area contributed by atoms with E-state index in [2.05, 4.69) is 17.4 Å². The van der Waals surface area contributed by atoms with Gasteiger partial charge in [-0.05, 0) is 36.1 Å². The summed E-state index contributed by atoms with van der Waals surface area (Å²) in [5, 5.41) is 3.03. The quantitative estimate of drug-likeness (QED) is 0.705. The number of carbonyl (C=O) groups is 1. The lowest BCUT2D eigenvalue weighted by molar-refractivity contribution is 0.0949. The third-order valence-corrected chi connectivity index (χ3v) is 4.87. The van der Waals surface area contributed by atoms with E-state index in [9.17, 15) is 4.79 Å². The standard InChI is InChI=1S/C24H23NO3/c26-24(25-17-20-10-6-12-22-23(20)28-16-15-27-22)21-11-5-4-9-19(21)14-13-18-7-2-1-3-8-18/h1-12H,13-17H2,(H,25,26). The number of benzene rings is 3. The molecule has 0 saturated heterocycles. The van der Waals surface area contributed by atoms with Gasteiger partial charge in [0.15, 0.2) is 11.5 Å². The Morgan fingerprint density at radius 2 is 1.54 bits per heavy atom. The molecule has 0 unspecified atom stereocenters. The van der Waals surface area contributed by atoms with E-state index in [0.29, 0.717) is 19.8 Å². The average Bonchev–Trinajstić information content (AvgIpc) is 2.77. The highest BCUT2D eigenvalue weighted by Gasteiger charge is 2.17. The van der Waals surface area contributed by atoms with Crippen molar-refractivity contribution in [2.45, 2.75) is 19.4 Å². The zero-order valence-electron chi connectivity index (χ0n) is 15.7. The van der Waals surface area contributed by atoms with Crippen molar-refractivity contribution in [1.29, 1.82) is 0 Å². The Morgan fingerprint density at radius 1 is 0.786 bits per heavy atom. The second-order valence-corrected chi connectivity index (χ2v) is 6.77. The van der Waals surface area contributed by atoms with Crippen LogP contribution in [0.2, 0.25) is 0 Å². The molecule has 3 aromatic rings. The van der Waals surface area contributed by atoms with Crippen LogP contribution in [0, 0.1) is 0 Å². The molecule has 0 bridgehead atoms. The molecule has 28 heavy (non-hydrogen) atoms. The third kappa shape index (κ3) is 4.17. The summed E-state index contributed by atoms with van der Waals surface area (Å²) in [6.07, 6.45) is 1.73. The zero-order valence-corrected chi connectivity index (χ0v) is 15.7. The molecule has 0 aromatic heterocycles. The lowest BCUT2D eigenvalue weighted by Crippen LogP contribution is -2.25. The van der Waals surface area contributed by atoms with Gasteiger partial charge >= 0.3 is 0 Å². The van der Waals surface area contributed by atoms with E-state index in [1.54, 1.807) is 0 Å². The van der Waals surface area contributed by atoms with Gasteiger partial charge in [-0.15, -0.1) is 0 Å². The largest absolute Gasteiger partial charge is 0.486 e. The van der Waals surface area contributed by atoms with Gasteiger partial charge in [0.2, 0.25) is 0 Å². The maximum Gasteiger partial charge on any atom is 0.251 e. The highest BCUT2D eigenvalue weighted by Crippen LogP contribution is 2.33. The summed E-state index contributed by atoms with van der Waals surface area (Å²) < 4.78 is 11.3. The number of ether oxygens (including phenoxy) is 2. The second kappa shape index (κ2) is 8.61. The molecule has 1 heterocycles. The Labute approximate surface area is 165 Å². The number of carbonyl (C=O) groups excluding carboxylic acids is 1. The smallest absolute Gasteiger partial charge is 0.251 e. The lowest BCUT2D eigenvalue weighted by Gasteiger charge is -2.21. The predicted octanol–water partition coefficient (Wildman–Crippen LogP) is 4.17. The van der Waals surface area contributed by atoms with Crippen LogP contribution in [0.4, 0.5) is 0 Å². The van der Waals surface area contributed by atoms with E-state index in [1.807, 2.05) is 60.7 Å². The average molecular weight is 373 g/mol. The number of hydrogen-bond donors (Lipinski definition) is 1. The summed E-state index contributed by atoms with van der Waals surface area (Å²) in [6, 6.07) is 23.9. The summed E-state index contributed by atoms with van der Waals surface area (Å²) in [5.74, 6) is 1.39. The molecular weight excluding hydrogens is 350 g/mol. The Kier molecular flexibility index (Phi) is 5.57. The third-order valence-electron chi connectivity index (χ3n) is 4.87. The fraction of sp³-hybridized carbons (Fsp3) is 0.208. The zero-order chi connectivity index (χ0) is 19.2. The monoisotopic (exact) mass is 373 g/mol. The summed E-state index contributed by atoms with van der Waals surface area (Å²) >= 11 is 0. The topological polar surface area (TPSA) is 47.6 Å². The van der Waals surface area contributed by atoms with Gasteiger partial charge in [-0.25, -0.2) is 0 Å². The van der Waals surface area contributed by atoms with E-state index < -0.39 is 0 Å². The van der Waals surface area contributed by atoms with Crippen molar-refractivity contribution < 1.29 is 14.3 Å². The summed E-state index contributed by atoms with van der Waals surface area (Å²) in [7, 11) is 0. The van der Waals surface area contributed by atoms with Gasteiger partial charge in [0, 0.05) is 17.7 Å². The van der Waals surface area contributed by atoms with Crippen molar-refractivity contribution in [2.24, 2.45) is 0 Å². The van der Waals surface area contributed by atoms with E-state index in [1.165, 1.54) is 5.56 Å². The number of amides is 1. The van der Waals surface area contributed by atoms with E-state index in [4.69, 9.17) is 9.47 Å². The Hall–Kier alpha value is -3.27. The fourth-order valence-electron chi connectivity index (χ4n) is 3.43. The molecular formula is C24H23NO3. The molecule has 4 rings (SSSR count). The number of hydrogen-bond acceptors (Lipinski definition) is 3. The van der Waals surface area contributed by atoms with Crippen LogP contribution in [0.3, 0.4) is 0 Å². The van der Waals surface area contributed by atoms with Crippen LogP contribution >= 0.6 is 0 Å². The van der Waals surface area contributed by atoms with Crippen LogP contribution in [0.15, 0.2) is 72.8 Å². The molecule has 1 aliphatic rings. The molecule has 4 heteroatoms. The number of rotatable bonds is 6. The first-order valence-electron chi connectivity index (χ1n) is 9.59. The minimum Gasteiger partial charge on any atom is -0.486 e. The molecule has 142 valence electrons. The second-order valence-electron chi connectivity index (χ2n) is 6.77. The van der Waals surface area contributed by atoms with Crippen LogP contribution < -0.4 is 14.8 Å². The van der Waals surface area contributed by atoms with E-state index in [0.717, 1.165) is 41.0 Å². The normalized spacial score (nSPS) is 12.4. The molecule has 3 aromatic carbocycles. The number of nitrogens with one attached hydrogen (secondary N) is 1. The molecule has 0 aliphatic carbocycles. The van der Waals surface area contributed by atoms with E-state index >= 15 is 0 Å². The van der Waals surface area contributed by atoms with Gasteiger partial charge in [0.1, 0.15) is 13.2 Å². The van der Waals surface area contributed by atoms with Crippen molar-refractivity contribution in [3.05, 3.63) is 95.1 Å². The first-order valence-corrected chi connectivity index (χ1v) is 9.59. The minimum atomic E-state index is -0.0713. The molecule has 0 spiro atoms. The van der Waals surface area contributed by atoms with Crippen molar-refractivity contribution in [3.8, 4) is 11.5 Å². The summed E-state index contributed by atoms with van der Waals surface area (Å²) in [6.45, 7) is 1.48. The lowest BCUT2D eigenvalue weighted by atomic mass is 9.99. The van der Waals surface area contributed by atoms with Gasteiger partial charge in [-0.1, -0.05) is 60.7 Å². The summed E-state index contributed by atoms with van der Waals surface area (Å²) in [4.78, 5) is 12.8. The first kappa shape index (κ1) is 18.1. The number of aryl methyl sites for hydroxylation is 2. The maximum atomic E-state index is 12.8. The maximum absolute atomic E-state index is 12.8. The van der Waals surface area contributed by atoms with Crippen LogP contribution in [0.1, 0.15) is 27.0 Å². The molecule has 1 N–H and O–H groups in total. The van der Waals surface area contributed by atoms with Crippen molar-refractivity contribution in [1.82, 2.24) is 5.32 Å². The van der Waals surface area contributed by atoms with Crippen LogP contribution in [0.5, 0.6) is 11.5 Å². The van der Waals surface area contributed by atoms with Crippen LogP contribution in [0.25, 0.3) is 0 Å². The summed E-state index contributed by atoms with van der Waals surface area (Å²) in [5.41, 5.74) is 3.97. The van der Waals surface area contributed by atoms with Gasteiger partial charge in [-0.3, -0.25) is 4.79 Å². The van der Waals surface area contributed by atoms with Gasteiger partial charge < -0.3 is 14.8 Å². The molecule has 1 aliphatic heterocycles. The molecule has 0 fully saturated rings. The Morgan fingerprint density at radius 3 is 2.43 bits per heavy atom. The van der Waals surface area contributed by atoms with Crippen LogP contribution in [-0.4, -0.2) is 19.1 Å². The fourth-order valence-corrected chi connectivity index (χ4v) is 3.43. The molecule has 0 atom stereocenters. The van der Waals surface area contributed by atoms with E-state index in [-0.39, 0.29) is 5.91 Å². The molecule has 0 saturated carbocycles. The Bertz CT molecular complexity index is 953. The number of fused-ring (bicyclic) bond motifs is 1. The first-order chi connectivity index (χ1) is 13.8. The van der Waals surface area contributed by atoms with Gasteiger partial charge in [-0.2, -0.15) is 0 Å². The predicted molar refractivity (Wildman–Crippen MR) is 109 cm³/mol. The highest BCUT2D eigenvalue weighted by atomic mass is 16.6. The highest BCUT2D eigenvalue weighted by molar-refractivity contribution is 5.95. The van der Waals surface area contributed by atoms with Crippen molar-refractivity contribution in [3.63, 3.8) is 0 Å². The molecule has 1 amide bonds. The molecule has 4 nitrogen and oxygen atoms in total. The van der Waals surface area contributed by atoms with Gasteiger partial charge in [0.25, 0.3) is 5.91 Å². The van der Waals surface area contributed by atoms with Crippen molar-refractivity contribution in [2.75, 3.05) is 13.2 Å². The molecule has 0 radical (unpaired) electrons. The minimum absolute atomic E-state index is 0.0713. The SMILES string of the molecule is O=C(NCc1cccc2c1OCCO2)c1ccccc1CCc1ccccc1. The van der Waals surface area contributed by atoms with Crippen LogP contribution in [-0.2, 0) is 19.4 Å². The van der Waals surface area contributed by atoms with Gasteiger partial charge in [0.05, 0.1) is 0 Å².